The molecule has 0 spiro atoms. The van der Waals surface area contributed by atoms with Crippen LogP contribution < -0.4 is 5.32 Å². The van der Waals surface area contributed by atoms with Gasteiger partial charge in [0.2, 0.25) is 5.91 Å². The zero-order valence-corrected chi connectivity index (χ0v) is 60.7. The Balaban J connectivity index is 1.64. The van der Waals surface area contributed by atoms with E-state index in [1.165, 1.54) is 250 Å². The predicted molar refractivity (Wildman–Crippen MR) is 392 cm³/mol. The molecule has 1 amide bonds. The zero-order valence-electron chi connectivity index (χ0n) is 60.7. The van der Waals surface area contributed by atoms with Crippen LogP contribution in [0.25, 0.3) is 0 Å². The molecule has 2 fully saturated rings. The smallest absolute Gasteiger partial charge is 0.220 e. The lowest BCUT2D eigenvalue weighted by Crippen LogP contribution is -2.65. The van der Waals surface area contributed by atoms with Gasteiger partial charge in [0.25, 0.3) is 0 Å². The Labute approximate surface area is 580 Å². The monoisotopic (exact) mass is 1340 g/mol. The third-order valence-electron chi connectivity index (χ3n) is 19.1. The number of rotatable bonds is 66. The number of hydrogen-bond acceptors (Lipinski definition) is 13. The summed E-state index contributed by atoms with van der Waals surface area (Å²) in [6, 6.07) is -0.936. The molecule has 554 valence electrons. The Morgan fingerprint density at radius 2 is 0.737 bits per heavy atom. The van der Waals surface area contributed by atoms with Crippen LogP contribution >= 0.6 is 0 Å². The highest BCUT2D eigenvalue weighted by atomic mass is 16.7. The molecule has 0 aromatic carbocycles. The molecule has 95 heavy (non-hydrogen) atoms. The minimum absolute atomic E-state index is 0.245. The standard InChI is InChI=1S/C81H147NO13/c1-3-5-7-9-11-13-15-17-19-21-23-25-27-29-31-33-35-37-39-41-43-45-47-49-51-53-55-57-59-61-63-65-73(86)82-69(68-92-80-78(91)76(89)79(72(67-84)94-80)95-81-77(90)75(88)74(87)71(66-83)93-81)70(85)64-62-60-58-56-54-52-50-48-46-44-42-40-38-36-34-32-30-28-26-24-22-20-18-16-14-12-10-8-6-4-2/h5,7,11,13,17,19,23,25,54,56,62,64,69-72,74-81,83-85,87-91H,3-4,6,8-10,12,14-16,18,20-22,24,26-53,55,57-61,63,65-68H2,1-2H3,(H,82,86)/b7-5-,13-11-,19-17-,25-23-,56-54+,64-62+. The van der Waals surface area contributed by atoms with Crippen LogP contribution in [0.3, 0.4) is 0 Å². The third-order valence-corrected chi connectivity index (χ3v) is 19.1. The number of carbonyl (C=O) groups is 1. The van der Waals surface area contributed by atoms with E-state index in [0.29, 0.717) is 12.8 Å². The van der Waals surface area contributed by atoms with Gasteiger partial charge in [-0.25, -0.2) is 0 Å². The van der Waals surface area contributed by atoms with Crippen molar-refractivity contribution in [1.82, 2.24) is 5.32 Å². The highest BCUT2D eigenvalue weighted by molar-refractivity contribution is 5.76. The summed E-state index contributed by atoms with van der Waals surface area (Å²) in [7, 11) is 0. The molecule has 0 radical (unpaired) electrons. The first-order valence-corrected chi connectivity index (χ1v) is 39.7. The topological polar surface area (TPSA) is 228 Å². The quantitative estimate of drug-likeness (QED) is 0.0204. The SMILES string of the molecule is CC/C=C\C/C=C\C/C=C\C/C=C\CCCCCCCCCCCCCCCCCCCCC(=O)NC(COC1OC(CO)C(OC2OC(CO)C(O)C(O)C2O)C(O)C1O)C(O)/C=C/CC/C=C/CCCCCCCCCCCCCCCCCCCCCCCCCC. The first-order chi connectivity index (χ1) is 46.6. The summed E-state index contributed by atoms with van der Waals surface area (Å²) in [5.74, 6) is -0.245. The Kier molecular flexibility index (Phi) is 60.4. The second kappa shape index (κ2) is 64.8. The number of amides is 1. The van der Waals surface area contributed by atoms with Crippen molar-refractivity contribution < 1.29 is 64.6 Å². The average Bonchev–Trinajstić information content (AvgIpc) is 0.801. The molecule has 2 heterocycles. The molecule has 2 saturated heterocycles. The van der Waals surface area contributed by atoms with Crippen LogP contribution in [0.4, 0.5) is 0 Å². The van der Waals surface area contributed by atoms with Crippen molar-refractivity contribution in [3.8, 4) is 0 Å². The van der Waals surface area contributed by atoms with E-state index in [0.717, 1.165) is 57.8 Å². The van der Waals surface area contributed by atoms with Gasteiger partial charge in [-0.1, -0.05) is 337 Å². The van der Waals surface area contributed by atoms with Gasteiger partial charge >= 0.3 is 0 Å². The molecule has 0 aromatic rings. The lowest BCUT2D eigenvalue weighted by atomic mass is 9.97. The number of aliphatic hydroxyl groups excluding tert-OH is 8. The molecular weight excluding hydrogens is 1190 g/mol. The fourth-order valence-corrected chi connectivity index (χ4v) is 12.9. The predicted octanol–water partition coefficient (Wildman–Crippen LogP) is 17.7. The van der Waals surface area contributed by atoms with E-state index in [1.54, 1.807) is 6.08 Å². The fraction of sp³-hybridized carbons (Fsp3) is 0.840. The number of allylic oxidation sites excluding steroid dienone is 11. The summed E-state index contributed by atoms with van der Waals surface area (Å²) < 4.78 is 22.9. The van der Waals surface area contributed by atoms with Crippen LogP contribution in [-0.2, 0) is 23.7 Å². The molecule has 0 bridgehead atoms. The molecule has 2 aliphatic rings. The number of hydrogen-bond donors (Lipinski definition) is 9. The molecule has 0 aromatic heterocycles. The average molecular weight is 1340 g/mol. The van der Waals surface area contributed by atoms with Crippen molar-refractivity contribution in [3.63, 3.8) is 0 Å². The van der Waals surface area contributed by atoms with Crippen LogP contribution in [0.2, 0.25) is 0 Å². The molecule has 9 N–H and O–H groups in total. The van der Waals surface area contributed by atoms with E-state index in [9.17, 15) is 45.6 Å². The van der Waals surface area contributed by atoms with Crippen molar-refractivity contribution in [2.75, 3.05) is 19.8 Å². The van der Waals surface area contributed by atoms with Gasteiger partial charge in [0.15, 0.2) is 12.6 Å². The van der Waals surface area contributed by atoms with E-state index < -0.39 is 86.8 Å². The summed E-state index contributed by atoms with van der Waals surface area (Å²) in [5, 5.41) is 87.6. The second-order valence-corrected chi connectivity index (χ2v) is 27.8. The molecule has 12 unspecified atom stereocenters. The summed E-state index contributed by atoms with van der Waals surface area (Å²) in [5.41, 5.74) is 0. The largest absolute Gasteiger partial charge is 0.394 e. The molecule has 0 saturated carbocycles. The summed E-state index contributed by atoms with van der Waals surface area (Å²) >= 11 is 0. The lowest BCUT2D eigenvalue weighted by molar-refractivity contribution is -0.359. The van der Waals surface area contributed by atoms with E-state index >= 15 is 0 Å². The summed E-state index contributed by atoms with van der Waals surface area (Å²) in [6.07, 6.45) is 72.7. The Bertz CT molecular complexity index is 1870. The van der Waals surface area contributed by atoms with Gasteiger partial charge in [0.1, 0.15) is 48.8 Å². The number of unbranched alkanes of at least 4 members (excludes halogenated alkanes) is 43. The van der Waals surface area contributed by atoms with E-state index in [2.05, 4.69) is 79.9 Å². The Hall–Kier alpha value is -2.57. The highest BCUT2D eigenvalue weighted by Gasteiger charge is 2.51. The first kappa shape index (κ1) is 88.5. The number of carbonyl (C=O) groups excluding carboxylic acids is 1. The second-order valence-electron chi connectivity index (χ2n) is 27.8. The van der Waals surface area contributed by atoms with E-state index in [1.807, 2.05) is 6.08 Å². The van der Waals surface area contributed by atoms with Gasteiger partial charge in [-0.15, -0.1) is 0 Å². The number of aliphatic hydroxyl groups is 8. The number of ether oxygens (including phenoxy) is 4. The van der Waals surface area contributed by atoms with Crippen LogP contribution in [-0.4, -0.2) is 140 Å². The fourth-order valence-electron chi connectivity index (χ4n) is 12.9. The highest BCUT2D eigenvalue weighted by Crippen LogP contribution is 2.30. The van der Waals surface area contributed by atoms with Crippen LogP contribution in [0.15, 0.2) is 72.9 Å². The molecule has 14 nitrogen and oxygen atoms in total. The van der Waals surface area contributed by atoms with Gasteiger partial charge in [-0.05, 0) is 70.6 Å². The maximum Gasteiger partial charge on any atom is 0.220 e. The molecule has 2 rings (SSSR count). The minimum Gasteiger partial charge on any atom is -0.394 e. The van der Waals surface area contributed by atoms with Crippen molar-refractivity contribution >= 4 is 5.91 Å². The molecule has 2 aliphatic heterocycles. The van der Waals surface area contributed by atoms with Crippen LogP contribution in [0.1, 0.15) is 341 Å². The van der Waals surface area contributed by atoms with Gasteiger partial charge in [0, 0.05) is 6.42 Å². The number of nitrogens with one attached hydrogen (secondary N) is 1. The van der Waals surface area contributed by atoms with Crippen molar-refractivity contribution in [2.24, 2.45) is 0 Å². The Morgan fingerprint density at radius 1 is 0.389 bits per heavy atom. The first-order valence-electron chi connectivity index (χ1n) is 39.7. The molecule has 14 heteroatoms. The minimum atomic E-state index is -1.79. The maximum atomic E-state index is 13.4. The Morgan fingerprint density at radius 3 is 1.16 bits per heavy atom. The summed E-state index contributed by atoms with van der Waals surface area (Å²) in [4.78, 5) is 13.4. The van der Waals surface area contributed by atoms with Gasteiger partial charge in [-0.3, -0.25) is 4.79 Å². The van der Waals surface area contributed by atoms with Gasteiger partial charge < -0.3 is 65.1 Å². The molecule has 12 atom stereocenters. The van der Waals surface area contributed by atoms with E-state index in [4.69, 9.17) is 18.9 Å². The van der Waals surface area contributed by atoms with Crippen LogP contribution in [0.5, 0.6) is 0 Å². The van der Waals surface area contributed by atoms with E-state index in [-0.39, 0.29) is 18.9 Å². The van der Waals surface area contributed by atoms with Crippen molar-refractivity contribution in [2.45, 2.75) is 415 Å². The van der Waals surface area contributed by atoms with Crippen LogP contribution in [0, 0.1) is 0 Å². The lowest BCUT2D eigenvalue weighted by Gasteiger charge is -2.46. The summed E-state index contributed by atoms with van der Waals surface area (Å²) in [6.45, 7) is 2.72. The molecular formula is C81H147NO13. The third kappa shape index (κ3) is 48.0. The van der Waals surface area contributed by atoms with Crippen molar-refractivity contribution in [1.29, 1.82) is 0 Å². The normalized spacial score (nSPS) is 22.7. The maximum absolute atomic E-state index is 13.4. The van der Waals surface area contributed by atoms with Crippen molar-refractivity contribution in [3.05, 3.63) is 72.9 Å². The molecule has 0 aliphatic carbocycles. The van der Waals surface area contributed by atoms with Gasteiger partial charge in [-0.2, -0.15) is 0 Å². The zero-order chi connectivity index (χ0) is 68.7. The van der Waals surface area contributed by atoms with Gasteiger partial charge in [0.05, 0.1) is 32.0 Å².